The average Bonchev–Trinajstić information content (AvgIpc) is 1.53. The smallest absolute Gasteiger partial charge is 0.268 e. The Kier molecular flexibility index (Phi) is 11.3. The van der Waals surface area contributed by atoms with Crippen LogP contribution in [-0.4, -0.2) is 22.2 Å². The first-order chi connectivity index (χ1) is 55.0. The Morgan fingerprint density at radius 1 is 0.469 bits per heavy atom. The number of aryl methyl sites for hydroxylation is 1. The largest absolute Gasteiger partial charge is 0.510 e. The van der Waals surface area contributed by atoms with Crippen molar-refractivity contribution in [1.82, 2.24) is 14.1 Å². The predicted octanol–water partition coefficient (Wildman–Crippen LogP) is 19.5. The van der Waals surface area contributed by atoms with Gasteiger partial charge >= 0.3 is 0 Å². The second-order valence-corrected chi connectivity index (χ2v) is 31.6. The summed E-state index contributed by atoms with van der Waals surface area (Å²) in [5, 5.41) is -0.764. The molecule has 480 valence electrons. The first-order valence-corrected chi connectivity index (χ1v) is 33.4. The molecule has 3 aromatic heterocycles. The molecule has 0 amide bonds. The van der Waals surface area contributed by atoms with Crippen LogP contribution in [0.25, 0.3) is 83.4 Å². The summed E-state index contributed by atoms with van der Waals surface area (Å²) in [6, 6.07) is 30.9. The van der Waals surface area contributed by atoms with E-state index < -0.39 is 168 Å². The van der Waals surface area contributed by atoms with Gasteiger partial charge in [-0.25, -0.2) is 4.98 Å². The molecule has 0 fully saturated rings. The predicted molar refractivity (Wildman–Crippen MR) is 399 cm³/mol. The van der Waals surface area contributed by atoms with Gasteiger partial charge in [0.2, 0.25) is 0 Å². The van der Waals surface area contributed by atoms with Gasteiger partial charge in [0.25, 0.3) is 6.33 Å². The molecular formula is C89H82N4OPtSi-2. The van der Waals surface area contributed by atoms with Crippen molar-refractivity contribution in [3.05, 3.63) is 307 Å². The van der Waals surface area contributed by atoms with Crippen LogP contribution < -0.4 is 30.1 Å². The van der Waals surface area contributed by atoms with Crippen molar-refractivity contribution in [1.29, 1.82) is 0 Å². The van der Waals surface area contributed by atoms with E-state index in [0.29, 0.717) is 49.7 Å². The van der Waals surface area contributed by atoms with E-state index in [1.165, 1.54) is 12.3 Å². The fourth-order valence-corrected chi connectivity index (χ4v) is 16.4. The van der Waals surface area contributed by atoms with Crippen LogP contribution in [0.3, 0.4) is 0 Å². The van der Waals surface area contributed by atoms with E-state index in [2.05, 4.69) is 99.0 Å². The second kappa shape index (κ2) is 25.3. The van der Waals surface area contributed by atoms with Crippen molar-refractivity contribution in [2.45, 2.75) is 112 Å². The normalized spacial score (nSPS) is 15.9. The van der Waals surface area contributed by atoms with Crippen molar-refractivity contribution in [3.63, 3.8) is 0 Å². The van der Waals surface area contributed by atoms with Gasteiger partial charge in [-0.15, -0.1) is 29.7 Å². The number of ether oxygens (including phenoxy) is 1. The topological polar surface area (TPSA) is 35.9 Å². The minimum atomic E-state index is -6.05. The monoisotopic (exact) mass is 1470 g/mol. The van der Waals surface area contributed by atoms with Gasteiger partial charge in [0.05, 0.1) is 44.1 Å². The van der Waals surface area contributed by atoms with Crippen LogP contribution in [0.4, 0.5) is 0 Å². The number of fused-ring (bicyclic) bond motifs is 4. The number of hydrogen-bond donors (Lipinski definition) is 0. The molecule has 0 unspecified atom stereocenters. The summed E-state index contributed by atoms with van der Waals surface area (Å²) >= 11 is 0. The number of nitrogens with zero attached hydrogens (tertiary/aromatic N) is 4. The molecule has 5 nitrogen and oxygen atoms in total. The van der Waals surface area contributed by atoms with E-state index >= 15 is 0 Å². The van der Waals surface area contributed by atoms with E-state index in [9.17, 15) is 16.4 Å². The van der Waals surface area contributed by atoms with Crippen LogP contribution in [0.15, 0.2) is 261 Å². The molecule has 96 heavy (non-hydrogen) atoms. The summed E-state index contributed by atoms with van der Waals surface area (Å²) in [6.07, 6.45) is 4.90. The Morgan fingerprint density at radius 2 is 1.03 bits per heavy atom. The Labute approximate surface area is 615 Å². The van der Waals surface area contributed by atoms with Crippen molar-refractivity contribution in [2.75, 3.05) is 0 Å². The van der Waals surface area contributed by atoms with Gasteiger partial charge in [0, 0.05) is 54.0 Å². The van der Waals surface area contributed by atoms with Gasteiger partial charge in [-0.05, 0) is 134 Å². The van der Waals surface area contributed by atoms with Gasteiger partial charge < -0.3 is 13.9 Å². The zero-order valence-electron chi connectivity index (χ0n) is 78.3. The Bertz CT molecular complexity index is 6270. The van der Waals surface area contributed by atoms with E-state index in [1.54, 1.807) is 50.1 Å². The van der Waals surface area contributed by atoms with Crippen LogP contribution in [0, 0.1) is 25.3 Å². The Hall–Kier alpha value is -9.45. The molecule has 0 saturated carbocycles. The molecule has 0 atom stereocenters. The molecule has 14 rings (SSSR count). The quantitative estimate of drug-likeness (QED) is 0.0529. The first kappa shape index (κ1) is 42.9. The van der Waals surface area contributed by atoms with Gasteiger partial charge in [0.1, 0.15) is 5.82 Å². The molecule has 14 aromatic rings. The maximum absolute atomic E-state index is 10.4. The third-order valence-electron chi connectivity index (χ3n) is 17.6. The van der Waals surface area contributed by atoms with Crippen LogP contribution in [0.2, 0.25) is 0 Å². The number of rotatable bonds is 12. The fourth-order valence-electron chi connectivity index (χ4n) is 12.4. The van der Waals surface area contributed by atoms with Gasteiger partial charge in [-0.2, -0.15) is 18.2 Å². The van der Waals surface area contributed by atoms with Crippen LogP contribution in [0.1, 0.15) is 142 Å². The number of imidazole rings is 1. The summed E-state index contributed by atoms with van der Waals surface area (Å²) in [6.45, 7) is 21.6. The van der Waals surface area contributed by atoms with Crippen molar-refractivity contribution >= 4 is 61.7 Å². The molecule has 0 N–H and O–H groups in total. The van der Waals surface area contributed by atoms with Crippen LogP contribution in [-0.2, 0) is 42.7 Å². The fraction of sp³-hybridized carbons (Fsp3) is 0.191. The molecule has 0 aliphatic rings. The molecule has 11 aromatic carbocycles. The molecule has 0 aliphatic carbocycles. The van der Waals surface area contributed by atoms with Crippen LogP contribution in [0.5, 0.6) is 11.5 Å². The van der Waals surface area contributed by atoms with Crippen molar-refractivity contribution in [2.24, 2.45) is 0 Å². The van der Waals surface area contributed by atoms with E-state index in [0.717, 1.165) is 27.6 Å². The molecule has 0 aliphatic heterocycles. The number of pyridine rings is 1. The van der Waals surface area contributed by atoms with Gasteiger partial charge in [0.15, 0.2) is 8.07 Å². The minimum Gasteiger partial charge on any atom is -0.510 e. The Balaban J connectivity index is 0.0000123. The SMILES string of the molecule is [2H]c1c([2H])c([2H])c(-c2cnc(-n3c4[c-]c(Oc5[c-]c(-n6[c-][n+](-c7c(-c8cc(C(C)(C)C)cc(C(C)(C)C)c8)cc(C(C)(C)C)cc7[Si](c7c([2H])c([2H])c([2H])c([2H])c7[2H])(c7c([2H])c([2H])c([2H])c([2H])c7[2H])c7c([2H])c([2H])c([2H])c([2H])c7[2H])c7ccc(-c8ccc(C(C)(C)C)cc8)cc76)ccc5)ccc4c4ccccc43)cc2C([2H])([2H])[2H])c([2H])c1[2H].[Pt]. The molecule has 7 heteroatoms. The molecular weight excluding hydrogens is 1360 g/mol. The third-order valence-corrected chi connectivity index (χ3v) is 21.8. The minimum absolute atomic E-state index is 0. The zero-order chi connectivity index (χ0) is 86.1. The number of para-hydroxylation sites is 1. The number of hydrogen-bond acceptors (Lipinski definition) is 2. The summed E-state index contributed by atoms with van der Waals surface area (Å²) in [7, 11) is -6.05. The number of benzene rings is 11. The number of aromatic nitrogens is 4. The molecule has 0 bridgehead atoms. The van der Waals surface area contributed by atoms with Crippen LogP contribution >= 0.6 is 0 Å². The summed E-state index contributed by atoms with van der Waals surface area (Å²) in [5.74, 6) is 0.356. The molecule has 0 spiro atoms. The maximum atomic E-state index is 10.4. The molecule has 0 radical (unpaired) electrons. The van der Waals surface area contributed by atoms with Gasteiger partial charge in [-0.1, -0.05) is 294 Å². The summed E-state index contributed by atoms with van der Waals surface area (Å²) in [5.41, 5.74) is 4.55. The van der Waals surface area contributed by atoms with Crippen molar-refractivity contribution in [3.8, 4) is 62.1 Å². The standard InChI is InChI=1S/C89H82N4OSi.Pt/c1-60-49-84(90-58-78(60)62-29-18-14-19-30-62)93-79-40-27-26-39-75(79)76-47-46-71(57-81(76)93)94-70-32-28-31-69(56-70)91-59-92(80-48-43-63(52-82(80)91)61-41-44-65(45-42-61)86(2,3)4)85-77(64-50-66(87(5,6)7)53-67(51-64)88(8,9)10)54-68(89(11,12)13)55-83(85)95(72-33-20-15-21-34-72,73-35-22-16-23-36-73)74-37-24-17-25-38-74;/h14-55,58H,1-13H3;/q-2;/i1D3,14D,15D,16D,17D,18D,19D,20D,21D,22D,23D,24D,25D,29D,30D,33D,34D,35D,36D,37D,38D;. The second-order valence-electron chi connectivity index (χ2n) is 28.0. The van der Waals surface area contributed by atoms with Crippen molar-refractivity contribution < 1.29 is 61.9 Å². The first-order valence-electron chi connectivity index (χ1n) is 42.9. The maximum Gasteiger partial charge on any atom is 0.268 e. The summed E-state index contributed by atoms with van der Waals surface area (Å²) < 4.78 is 228. The summed E-state index contributed by atoms with van der Waals surface area (Å²) in [4.78, 5) is 4.75. The molecule has 3 heterocycles. The zero-order valence-corrected chi connectivity index (χ0v) is 58.6. The van der Waals surface area contributed by atoms with Gasteiger partial charge in [-0.3, -0.25) is 4.57 Å². The molecule has 0 saturated heterocycles. The van der Waals surface area contributed by atoms with E-state index in [1.807, 2.05) is 93.6 Å². The van der Waals surface area contributed by atoms with E-state index in [-0.39, 0.29) is 77.0 Å². The van der Waals surface area contributed by atoms with E-state index in [4.69, 9.17) is 24.8 Å². The average molecular weight is 1470 g/mol. The third kappa shape index (κ3) is 12.1. The Morgan fingerprint density at radius 3 is 1.62 bits per heavy atom.